The number of carbonyl (C=O) groups is 3. The van der Waals surface area contributed by atoms with Crippen molar-refractivity contribution in [1.29, 1.82) is 0 Å². The molecule has 3 N–H and O–H groups in total. The molecule has 0 radical (unpaired) electrons. The van der Waals surface area contributed by atoms with Gasteiger partial charge in [-0.2, -0.15) is 0 Å². The molecule has 0 spiro atoms. The molecule has 0 aliphatic rings. The van der Waals surface area contributed by atoms with E-state index >= 15 is 0 Å². The molecule has 172 valence electrons. The lowest BCUT2D eigenvalue weighted by atomic mass is 10.1. The number of nitrogens with zero attached hydrogens (tertiary/aromatic N) is 3. The number of aromatic nitrogens is 3. The van der Waals surface area contributed by atoms with Gasteiger partial charge in [0, 0.05) is 17.1 Å². The largest absolute Gasteiger partial charge is 0.465 e. The first-order valence-electron chi connectivity index (χ1n) is 9.51. The second kappa shape index (κ2) is 10.6. The molecule has 33 heavy (non-hydrogen) atoms. The highest BCUT2D eigenvalue weighted by Gasteiger charge is 2.25. The Balaban J connectivity index is 1.79. The third-order valence-corrected chi connectivity index (χ3v) is 6.88. The van der Waals surface area contributed by atoms with E-state index in [0.29, 0.717) is 28.1 Å². The zero-order valence-corrected chi connectivity index (χ0v) is 20.1. The van der Waals surface area contributed by atoms with Gasteiger partial charge in [-0.15, -0.1) is 28.1 Å². The number of anilines is 1. The fourth-order valence-corrected chi connectivity index (χ4v) is 5.01. The van der Waals surface area contributed by atoms with E-state index in [0.717, 1.165) is 28.7 Å². The van der Waals surface area contributed by atoms with Gasteiger partial charge in [0.1, 0.15) is 5.00 Å². The zero-order chi connectivity index (χ0) is 24.1. The van der Waals surface area contributed by atoms with Crippen LogP contribution in [0.1, 0.15) is 25.6 Å². The third-order valence-electron chi connectivity index (χ3n) is 4.46. The number of amides is 2. The number of primary amides is 1. The molecule has 12 heteroatoms. The summed E-state index contributed by atoms with van der Waals surface area (Å²) in [5.74, 6) is -1.19. The Morgan fingerprint density at radius 1 is 1.36 bits per heavy atom. The van der Waals surface area contributed by atoms with E-state index in [1.165, 1.54) is 7.11 Å². The quantitative estimate of drug-likeness (QED) is 0.257. The van der Waals surface area contributed by atoms with Crippen LogP contribution in [0.5, 0.6) is 0 Å². The predicted octanol–water partition coefficient (Wildman–Crippen LogP) is 3.77. The summed E-state index contributed by atoms with van der Waals surface area (Å²) in [5, 5.41) is 12.4. The number of thioether (sulfide) groups is 1. The number of benzene rings is 1. The summed E-state index contributed by atoms with van der Waals surface area (Å²) < 4.78 is 6.59. The fourth-order valence-electron chi connectivity index (χ4n) is 3.01. The average Bonchev–Trinajstić information content (AvgIpc) is 3.32. The number of methoxy groups -OCH3 is 1. The molecule has 0 aliphatic heterocycles. The van der Waals surface area contributed by atoms with E-state index in [4.69, 9.17) is 22.1 Å². The van der Waals surface area contributed by atoms with Crippen molar-refractivity contribution in [2.45, 2.75) is 18.6 Å². The number of carbonyl (C=O) groups excluding carboxylic acids is 3. The van der Waals surface area contributed by atoms with E-state index in [9.17, 15) is 14.4 Å². The summed E-state index contributed by atoms with van der Waals surface area (Å²) in [6, 6.07) is 7.21. The van der Waals surface area contributed by atoms with Gasteiger partial charge in [-0.1, -0.05) is 41.6 Å². The molecule has 9 nitrogen and oxygen atoms in total. The van der Waals surface area contributed by atoms with Crippen LogP contribution in [-0.2, 0) is 16.1 Å². The van der Waals surface area contributed by atoms with Crippen molar-refractivity contribution in [2.24, 2.45) is 5.73 Å². The van der Waals surface area contributed by atoms with E-state index in [1.807, 2.05) is 16.7 Å². The third kappa shape index (κ3) is 5.44. The second-order valence-corrected chi connectivity index (χ2v) is 9.07. The molecule has 0 bridgehead atoms. The molecule has 0 unspecified atom stereocenters. The van der Waals surface area contributed by atoms with Crippen LogP contribution in [0.3, 0.4) is 0 Å². The van der Waals surface area contributed by atoms with Gasteiger partial charge in [0.15, 0.2) is 11.0 Å². The number of hydrogen-bond donors (Lipinski definition) is 2. The summed E-state index contributed by atoms with van der Waals surface area (Å²) in [6.45, 7) is 5.77. The Morgan fingerprint density at radius 3 is 2.76 bits per heavy atom. The number of hydrogen-bond acceptors (Lipinski definition) is 8. The zero-order valence-electron chi connectivity index (χ0n) is 17.8. The fraction of sp³-hybridized carbons (Fsp3) is 0.190. The smallest absolute Gasteiger partial charge is 0.341 e. The number of esters is 1. The SMILES string of the molecule is C=CCn1c(SCC(=O)Nc2sc(C(N)=O)c(C)c2C(=O)OC)nnc1-c1cccc(Cl)c1. The monoisotopic (exact) mass is 505 g/mol. The maximum absolute atomic E-state index is 12.6. The number of allylic oxidation sites excluding steroid dienone is 1. The van der Waals surface area contributed by atoms with Gasteiger partial charge in [-0.3, -0.25) is 14.2 Å². The van der Waals surface area contributed by atoms with Crippen molar-refractivity contribution in [2.75, 3.05) is 18.2 Å². The highest BCUT2D eigenvalue weighted by atomic mass is 35.5. The van der Waals surface area contributed by atoms with E-state index < -0.39 is 17.8 Å². The van der Waals surface area contributed by atoms with E-state index in [1.54, 1.807) is 25.1 Å². The number of nitrogens with one attached hydrogen (secondary N) is 1. The Labute approximate surface area is 203 Å². The minimum atomic E-state index is -0.691. The van der Waals surface area contributed by atoms with Crippen molar-refractivity contribution < 1.29 is 19.1 Å². The molecule has 2 heterocycles. The number of halogens is 1. The van der Waals surface area contributed by atoms with Crippen molar-refractivity contribution in [3.05, 3.63) is 57.9 Å². The first-order chi connectivity index (χ1) is 15.8. The lowest BCUT2D eigenvalue weighted by Crippen LogP contribution is -2.16. The van der Waals surface area contributed by atoms with Crippen LogP contribution >= 0.6 is 34.7 Å². The highest BCUT2D eigenvalue weighted by Crippen LogP contribution is 2.34. The second-order valence-electron chi connectivity index (χ2n) is 6.67. The van der Waals surface area contributed by atoms with Gasteiger partial charge in [0.05, 0.1) is 23.3 Å². The summed E-state index contributed by atoms with van der Waals surface area (Å²) in [5.41, 5.74) is 6.62. The van der Waals surface area contributed by atoms with Crippen molar-refractivity contribution in [3.8, 4) is 11.4 Å². The lowest BCUT2D eigenvalue weighted by Gasteiger charge is -2.08. The topological polar surface area (TPSA) is 129 Å². The normalized spacial score (nSPS) is 10.6. The first kappa shape index (κ1) is 24.5. The molecule has 3 aromatic rings. The minimum Gasteiger partial charge on any atom is -0.465 e. The van der Waals surface area contributed by atoms with Crippen molar-refractivity contribution >= 4 is 57.5 Å². The Kier molecular flexibility index (Phi) is 7.90. The predicted molar refractivity (Wildman–Crippen MR) is 129 cm³/mol. The molecular weight excluding hydrogens is 486 g/mol. The molecular formula is C21H20ClN5O4S2. The first-order valence-corrected chi connectivity index (χ1v) is 11.7. The van der Waals surface area contributed by atoms with E-state index in [-0.39, 0.29) is 21.2 Å². The Hall–Kier alpha value is -3.15. The number of thiophene rings is 1. The highest BCUT2D eigenvalue weighted by molar-refractivity contribution is 7.99. The standard InChI is InChI=1S/C21H20ClN5O4S2/c1-4-8-27-18(12-6-5-7-13(22)9-12)25-26-21(27)32-10-14(28)24-19-15(20(30)31-3)11(2)16(33-19)17(23)29/h4-7,9H,1,8,10H2,2-3H3,(H2,23,29)(H,24,28). The van der Waals surface area contributed by atoms with Crippen molar-refractivity contribution in [1.82, 2.24) is 14.8 Å². The summed E-state index contributed by atoms with van der Waals surface area (Å²) in [6.07, 6.45) is 1.70. The molecule has 1 aromatic carbocycles. The van der Waals surface area contributed by atoms with Crippen LogP contribution in [-0.4, -0.2) is 45.4 Å². The summed E-state index contributed by atoms with van der Waals surface area (Å²) in [4.78, 5) is 36.6. The molecule has 0 fully saturated rings. The van der Waals surface area contributed by atoms with Crippen LogP contribution in [0.15, 0.2) is 42.1 Å². The van der Waals surface area contributed by atoms with Gasteiger partial charge in [-0.05, 0) is 24.6 Å². The van der Waals surface area contributed by atoms with Gasteiger partial charge >= 0.3 is 5.97 Å². The maximum Gasteiger partial charge on any atom is 0.341 e. The number of ether oxygens (including phenoxy) is 1. The number of nitrogens with two attached hydrogens (primary N) is 1. The van der Waals surface area contributed by atoms with Gasteiger partial charge in [0.2, 0.25) is 5.91 Å². The summed E-state index contributed by atoms with van der Waals surface area (Å²) in [7, 11) is 1.22. The molecule has 0 atom stereocenters. The minimum absolute atomic E-state index is 0.0196. The van der Waals surface area contributed by atoms with E-state index in [2.05, 4.69) is 22.1 Å². The molecule has 2 aromatic heterocycles. The molecule has 0 saturated heterocycles. The van der Waals surface area contributed by atoms with Crippen LogP contribution < -0.4 is 11.1 Å². The Bertz CT molecular complexity index is 1240. The van der Waals surface area contributed by atoms with Crippen LogP contribution in [0.4, 0.5) is 5.00 Å². The molecule has 0 aliphatic carbocycles. The summed E-state index contributed by atoms with van der Waals surface area (Å²) >= 11 is 8.18. The Morgan fingerprint density at radius 2 is 2.12 bits per heavy atom. The molecule has 3 rings (SSSR count). The van der Waals surface area contributed by atoms with Crippen molar-refractivity contribution in [3.63, 3.8) is 0 Å². The van der Waals surface area contributed by atoms with Gasteiger partial charge < -0.3 is 15.8 Å². The molecule has 2 amide bonds. The van der Waals surface area contributed by atoms with Crippen LogP contribution in [0.25, 0.3) is 11.4 Å². The molecule has 0 saturated carbocycles. The number of rotatable bonds is 9. The van der Waals surface area contributed by atoms with Crippen LogP contribution in [0, 0.1) is 6.92 Å². The maximum atomic E-state index is 12.6. The lowest BCUT2D eigenvalue weighted by molar-refractivity contribution is -0.113. The van der Waals surface area contributed by atoms with Crippen LogP contribution in [0.2, 0.25) is 5.02 Å². The van der Waals surface area contributed by atoms with Gasteiger partial charge in [0.25, 0.3) is 5.91 Å². The van der Waals surface area contributed by atoms with Gasteiger partial charge in [-0.25, -0.2) is 4.79 Å². The average molecular weight is 506 g/mol.